The Balaban J connectivity index is 1.90. The van der Waals surface area contributed by atoms with Crippen LogP contribution < -0.4 is 9.64 Å². The average molecular weight is 317 g/mol. The van der Waals surface area contributed by atoms with Gasteiger partial charge in [-0.2, -0.15) is 0 Å². The van der Waals surface area contributed by atoms with Crippen LogP contribution in [0.3, 0.4) is 0 Å². The normalized spacial score (nSPS) is 10.2. The Morgan fingerprint density at radius 1 is 0.875 bits per heavy atom. The van der Waals surface area contributed by atoms with E-state index in [1.54, 1.807) is 18.0 Å². The summed E-state index contributed by atoms with van der Waals surface area (Å²) in [7, 11) is 1.77. The largest absolute Gasteiger partial charge is 0.457 e. The van der Waals surface area contributed by atoms with Gasteiger partial charge in [-0.05, 0) is 48.9 Å². The summed E-state index contributed by atoms with van der Waals surface area (Å²) in [6.07, 6.45) is 0. The summed E-state index contributed by atoms with van der Waals surface area (Å²) in [6, 6.07) is 24.6. The van der Waals surface area contributed by atoms with E-state index in [-0.39, 0.29) is 5.91 Å². The second-order valence-electron chi connectivity index (χ2n) is 5.61. The van der Waals surface area contributed by atoms with Crippen molar-refractivity contribution >= 4 is 11.6 Å². The molecule has 0 unspecified atom stereocenters. The molecule has 3 heteroatoms. The fourth-order valence-electron chi connectivity index (χ4n) is 2.48. The maximum absolute atomic E-state index is 12.9. The minimum Gasteiger partial charge on any atom is -0.457 e. The first-order valence-electron chi connectivity index (χ1n) is 7.82. The first kappa shape index (κ1) is 15.8. The molecule has 120 valence electrons. The second kappa shape index (κ2) is 7.01. The summed E-state index contributed by atoms with van der Waals surface area (Å²) in [5, 5.41) is 0. The number of carbonyl (C=O) groups excluding carboxylic acids is 1. The smallest absolute Gasteiger partial charge is 0.261 e. The number of hydrogen-bond acceptors (Lipinski definition) is 2. The number of benzene rings is 3. The Morgan fingerprint density at radius 3 is 2.33 bits per heavy atom. The molecule has 3 aromatic rings. The molecule has 0 aliphatic carbocycles. The number of aryl methyl sites for hydroxylation is 1. The van der Waals surface area contributed by atoms with Crippen LogP contribution in [0.15, 0.2) is 78.9 Å². The molecule has 0 N–H and O–H groups in total. The zero-order valence-corrected chi connectivity index (χ0v) is 13.8. The van der Waals surface area contributed by atoms with Gasteiger partial charge < -0.3 is 9.64 Å². The van der Waals surface area contributed by atoms with Crippen molar-refractivity contribution in [3.8, 4) is 11.5 Å². The molecule has 1 amide bonds. The van der Waals surface area contributed by atoms with E-state index in [1.807, 2.05) is 79.7 Å². The van der Waals surface area contributed by atoms with Gasteiger partial charge in [0.25, 0.3) is 5.91 Å². The molecule has 3 rings (SSSR count). The molecule has 0 spiro atoms. The van der Waals surface area contributed by atoms with Crippen LogP contribution in [0, 0.1) is 6.92 Å². The fourth-order valence-corrected chi connectivity index (χ4v) is 2.48. The van der Waals surface area contributed by atoms with Crippen molar-refractivity contribution in [3.05, 3.63) is 90.0 Å². The van der Waals surface area contributed by atoms with E-state index in [4.69, 9.17) is 4.74 Å². The highest BCUT2D eigenvalue weighted by atomic mass is 16.5. The van der Waals surface area contributed by atoms with E-state index < -0.39 is 0 Å². The van der Waals surface area contributed by atoms with Gasteiger partial charge >= 0.3 is 0 Å². The molecule has 0 atom stereocenters. The van der Waals surface area contributed by atoms with Crippen LogP contribution in [-0.2, 0) is 0 Å². The highest BCUT2D eigenvalue weighted by molar-refractivity contribution is 6.07. The Labute approximate surface area is 142 Å². The third kappa shape index (κ3) is 3.46. The minimum atomic E-state index is -0.105. The molecule has 0 radical (unpaired) electrons. The summed E-state index contributed by atoms with van der Waals surface area (Å²) >= 11 is 0. The van der Waals surface area contributed by atoms with Crippen LogP contribution in [0.5, 0.6) is 11.5 Å². The van der Waals surface area contributed by atoms with Crippen LogP contribution in [0.2, 0.25) is 0 Å². The molecule has 0 aromatic heterocycles. The van der Waals surface area contributed by atoms with Crippen molar-refractivity contribution in [2.24, 2.45) is 0 Å². The fraction of sp³-hybridized carbons (Fsp3) is 0.0952. The van der Waals surface area contributed by atoms with Crippen LogP contribution >= 0.6 is 0 Å². The Bertz CT molecular complexity index is 843. The molecular weight excluding hydrogens is 298 g/mol. The van der Waals surface area contributed by atoms with Gasteiger partial charge in [0.15, 0.2) is 0 Å². The van der Waals surface area contributed by atoms with E-state index in [1.165, 1.54) is 0 Å². The quantitative estimate of drug-likeness (QED) is 0.673. The molecule has 0 heterocycles. The molecule has 0 aliphatic heterocycles. The number of nitrogens with zero attached hydrogens (tertiary/aromatic N) is 1. The molecule has 0 fully saturated rings. The Kier molecular flexibility index (Phi) is 4.62. The van der Waals surface area contributed by atoms with Gasteiger partial charge in [-0.15, -0.1) is 0 Å². The Hall–Kier alpha value is -3.07. The van der Waals surface area contributed by atoms with Crippen molar-refractivity contribution in [2.75, 3.05) is 11.9 Å². The Morgan fingerprint density at radius 2 is 1.58 bits per heavy atom. The average Bonchev–Trinajstić information content (AvgIpc) is 2.62. The number of ether oxygens (including phenoxy) is 1. The first-order valence-corrected chi connectivity index (χ1v) is 7.82. The summed E-state index contributed by atoms with van der Waals surface area (Å²) in [6.45, 7) is 2.01. The molecule has 0 aliphatic rings. The van der Waals surface area contributed by atoms with E-state index in [9.17, 15) is 4.79 Å². The SMILES string of the molecule is Cc1cccc(N(C)C(=O)c2ccccc2Oc2ccccc2)c1. The monoisotopic (exact) mass is 317 g/mol. The lowest BCUT2D eigenvalue weighted by atomic mass is 10.1. The van der Waals surface area contributed by atoms with E-state index in [0.717, 1.165) is 11.3 Å². The number of rotatable bonds is 4. The topological polar surface area (TPSA) is 29.5 Å². The molecule has 0 saturated carbocycles. The maximum Gasteiger partial charge on any atom is 0.261 e. The first-order chi connectivity index (χ1) is 11.6. The summed E-state index contributed by atoms with van der Waals surface area (Å²) in [4.78, 5) is 14.6. The number of anilines is 1. The van der Waals surface area contributed by atoms with Gasteiger partial charge in [-0.1, -0.05) is 42.5 Å². The lowest BCUT2D eigenvalue weighted by molar-refractivity contribution is 0.0991. The lowest BCUT2D eigenvalue weighted by Crippen LogP contribution is -2.26. The molecule has 0 bridgehead atoms. The highest BCUT2D eigenvalue weighted by Crippen LogP contribution is 2.27. The van der Waals surface area contributed by atoms with Crippen molar-refractivity contribution in [1.82, 2.24) is 0 Å². The number of para-hydroxylation sites is 2. The van der Waals surface area contributed by atoms with Gasteiger partial charge in [-0.3, -0.25) is 4.79 Å². The number of amides is 1. The van der Waals surface area contributed by atoms with Gasteiger partial charge in [0, 0.05) is 12.7 Å². The van der Waals surface area contributed by atoms with Gasteiger partial charge in [0.05, 0.1) is 5.56 Å². The lowest BCUT2D eigenvalue weighted by Gasteiger charge is -2.19. The van der Waals surface area contributed by atoms with Crippen molar-refractivity contribution in [2.45, 2.75) is 6.92 Å². The molecular formula is C21H19NO2. The van der Waals surface area contributed by atoms with Gasteiger partial charge in [0.2, 0.25) is 0 Å². The van der Waals surface area contributed by atoms with Gasteiger partial charge in [-0.25, -0.2) is 0 Å². The van der Waals surface area contributed by atoms with Gasteiger partial charge in [0.1, 0.15) is 11.5 Å². The van der Waals surface area contributed by atoms with Crippen LogP contribution in [-0.4, -0.2) is 13.0 Å². The number of carbonyl (C=O) groups is 1. The standard InChI is InChI=1S/C21H19NO2/c1-16-9-8-10-17(15-16)22(2)21(23)19-13-6-7-14-20(19)24-18-11-4-3-5-12-18/h3-15H,1-2H3. The predicted molar refractivity (Wildman–Crippen MR) is 96.9 cm³/mol. The zero-order chi connectivity index (χ0) is 16.9. The summed E-state index contributed by atoms with van der Waals surface area (Å²) in [5.74, 6) is 1.15. The maximum atomic E-state index is 12.9. The van der Waals surface area contributed by atoms with Crippen molar-refractivity contribution in [1.29, 1.82) is 0 Å². The van der Waals surface area contributed by atoms with Crippen molar-refractivity contribution < 1.29 is 9.53 Å². The van der Waals surface area contributed by atoms with E-state index >= 15 is 0 Å². The molecule has 24 heavy (non-hydrogen) atoms. The predicted octanol–water partition coefficient (Wildman–Crippen LogP) is 5.06. The van der Waals surface area contributed by atoms with Crippen LogP contribution in [0.1, 0.15) is 15.9 Å². The summed E-state index contributed by atoms with van der Waals surface area (Å²) < 4.78 is 5.89. The third-order valence-electron chi connectivity index (χ3n) is 3.78. The molecule has 3 nitrogen and oxygen atoms in total. The van der Waals surface area contributed by atoms with E-state index in [2.05, 4.69) is 0 Å². The van der Waals surface area contributed by atoms with Crippen LogP contribution in [0.25, 0.3) is 0 Å². The number of hydrogen-bond donors (Lipinski definition) is 0. The second-order valence-corrected chi connectivity index (χ2v) is 5.61. The molecule has 3 aromatic carbocycles. The van der Waals surface area contributed by atoms with Crippen LogP contribution in [0.4, 0.5) is 5.69 Å². The minimum absolute atomic E-state index is 0.105. The third-order valence-corrected chi connectivity index (χ3v) is 3.78. The molecule has 0 saturated heterocycles. The van der Waals surface area contributed by atoms with Crippen molar-refractivity contribution in [3.63, 3.8) is 0 Å². The highest BCUT2D eigenvalue weighted by Gasteiger charge is 2.18. The zero-order valence-electron chi connectivity index (χ0n) is 13.8. The summed E-state index contributed by atoms with van der Waals surface area (Å²) in [5.41, 5.74) is 2.50. The van der Waals surface area contributed by atoms with E-state index in [0.29, 0.717) is 17.1 Å².